The lowest BCUT2D eigenvalue weighted by molar-refractivity contribution is 0.471. The minimum Gasteiger partial charge on any atom is -0.507 e. The largest absolute Gasteiger partial charge is 0.507 e. The third-order valence-corrected chi connectivity index (χ3v) is 3.51. The third kappa shape index (κ3) is 3.26. The van der Waals surface area contributed by atoms with Crippen molar-refractivity contribution in [3.63, 3.8) is 0 Å². The minimum absolute atomic E-state index is 0.269. The molecule has 2 N–H and O–H groups in total. The Labute approximate surface area is 116 Å². The first-order valence-electron chi connectivity index (χ1n) is 5.99. The Kier molecular flexibility index (Phi) is 4.26. The first-order chi connectivity index (χ1) is 8.69. The van der Waals surface area contributed by atoms with Gasteiger partial charge in [-0.2, -0.15) is 0 Å². The average Bonchev–Trinajstić information content (AvgIpc) is 2.41. The molecular formula is C15H16BrNO. The summed E-state index contributed by atoms with van der Waals surface area (Å²) >= 11 is 3.31. The molecule has 0 aliphatic heterocycles. The quantitative estimate of drug-likeness (QED) is 0.881. The van der Waals surface area contributed by atoms with Crippen molar-refractivity contribution in [2.45, 2.75) is 19.9 Å². The zero-order valence-corrected chi connectivity index (χ0v) is 11.9. The molecule has 2 aromatic carbocycles. The number of phenols is 1. The Hall–Kier alpha value is -1.48. The van der Waals surface area contributed by atoms with Crippen molar-refractivity contribution in [2.24, 2.45) is 0 Å². The van der Waals surface area contributed by atoms with Crippen LogP contribution in [0.25, 0.3) is 0 Å². The zero-order chi connectivity index (χ0) is 13.0. The molecule has 0 aliphatic rings. The van der Waals surface area contributed by atoms with Crippen LogP contribution in [0.3, 0.4) is 0 Å². The van der Waals surface area contributed by atoms with E-state index in [1.54, 1.807) is 6.07 Å². The summed E-state index contributed by atoms with van der Waals surface area (Å²) in [6.45, 7) is 2.89. The van der Waals surface area contributed by atoms with Crippen molar-refractivity contribution < 1.29 is 5.11 Å². The van der Waals surface area contributed by atoms with Crippen LogP contribution in [0.1, 0.15) is 18.1 Å². The topological polar surface area (TPSA) is 32.3 Å². The zero-order valence-electron chi connectivity index (χ0n) is 10.3. The smallest absolute Gasteiger partial charge is 0.129 e. The number of aromatic hydroxyl groups is 1. The van der Waals surface area contributed by atoms with Crippen LogP contribution in [0.4, 0.5) is 5.69 Å². The fourth-order valence-electron chi connectivity index (χ4n) is 1.72. The fraction of sp³-hybridized carbons (Fsp3) is 0.200. The van der Waals surface area contributed by atoms with Gasteiger partial charge in [0.2, 0.25) is 0 Å². The SMILES string of the molecule is CCc1ccc(NCc2ccc(O)c(Br)c2)cc1. The summed E-state index contributed by atoms with van der Waals surface area (Å²) in [4.78, 5) is 0. The molecule has 18 heavy (non-hydrogen) atoms. The van der Waals surface area contributed by atoms with Crippen LogP contribution in [0.5, 0.6) is 5.75 Å². The van der Waals surface area contributed by atoms with E-state index in [4.69, 9.17) is 0 Å². The molecule has 0 unspecified atom stereocenters. The van der Waals surface area contributed by atoms with Crippen molar-refractivity contribution in [1.29, 1.82) is 0 Å². The highest BCUT2D eigenvalue weighted by Crippen LogP contribution is 2.24. The van der Waals surface area contributed by atoms with Gasteiger partial charge in [0.1, 0.15) is 5.75 Å². The minimum atomic E-state index is 0.269. The fourth-order valence-corrected chi connectivity index (χ4v) is 2.15. The molecule has 3 heteroatoms. The van der Waals surface area contributed by atoms with E-state index >= 15 is 0 Å². The maximum Gasteiger partial charge on any atom is 0.129 e. The molecule has 0 radical (unpaired) electrons. The highest BCUT2D eigenvalue weighted by Gasteiger charge is 1.99. The maximum atomic E-state index is 9.42. The monoisotopic (exact) mass is 305 g/mol. The summed E-state index contributed by atoms with van der Waals surface area (Å²) in [6, 6.07) is 14.0. The Morgan fingerprint density at radius 1 is 1.06 bits per heavy atom. The first-order valence-corrected chi connectivity index (χ1v) is 6.78. The van der Waals surface area contributed by atoms with Gasteiger partial charge in [-0.1, -0.05) is 25.1 Å². The van der Waals surface area contributed by atoms with Gasteiger partial charge in [-0.15, -0.1) is 0 Å². The number of aryl methyl sites for hydroxylation is 1. The van der Waals surface area contributed by atoms with Crippen LogP contribution < -0.4 is 5.32 Å². The molecule has 94 valence electrons. The predicted molar refractivity (Wildman–Crippen MR) is 79.0 cm³/mol. The second-order valence-electron chi connectivity index (χ2n) is 4.19. The van der Waals surface area contributed by atoms with E-state index in [-0.39, 0.29) is 5.75 Å². The van der Waals surface area contributed by atoms with Gasteiger partial charge in [0.05, 0.1) is 4.47 Å². The number of rotatable bonds is 4. The van der Waals surface area contributed by atoms with Gasteiger partial charge < -0.3 is 10.4 Å². The molecule has 0 spiro atoms. The van der Waals surface area contributed by atoms with Crippen molar-refractivity contribution in [2.75, 3.05) is 5.32 Å². The maximum absolute atomic E-state index is 9.42. The first kappa shape index (κ1) is 13.0. The van der Waals surface area contributed by atoms with Crippen molar-refractivity contribution in [1.82, 2.24) is 0 Å². The summed E-state index contributed by atoms with van der Waals surface area (Å²) in [5.74, 6) is 0.269. The van der Waals surface area contributed by atoms with E-state index in [2.05, 4.69) is 52.4 Å². The number of anilines is 1. The van der Waals surface area contributed by atoms with Crippen LogP contribution in [-0.4, -0.2) is 5.11 Å². The van der Waals surface area contributed by atoms with E-state index < -0.39 is 0 Å². The summed E-state index contributed by atoms with van der Waals surface area (Å²) in [5, 5.41) is 12.8. The number of halogens is 1. The summed E-state index contributed by atoms with van der Waals surface area (Å²) < 4.78 is 0.725. The van der Waals surface area contributed by atoms with E-state index in [0.717, 1.165) is 28.7 Å². The second kappa shape index (κ2) is 5.91. The van der Waals surface area contributed by atoms with E-state index in [9.17, 15) is 5.11 Å². The van der Waals surface area contributed by atoms with E-state index in [0.29, 0.717) is 0 Å². The molecule has 0 aromatic heterocycles. The summed E-state index contributed by atoms with van der Waals surface area (Å²) in [5.41, 5.74) is 3.57. The van der Waals surface area contributed by atoms with Gasteiger partial charge in [-0.3, -0.25) is 0 Å². The predicted octanol–water partition coefficient (Wildman–Crippen LogP) is 4.33. The number of nitrogens with one attached hydrogen (secondary N) is 1. The Bertz CT molecular complexity index is 523. The van der Waals surface area contributed by atoms with Crippen molar-refractivity contribution in [3.05, 3.63) is 58.1 Å². The molecule has 2 rings (SSSR count). The number of hydrogen-bond donors (Lipinski definition) is 2. The van der Waals surface area contributed by atoms with Crippen molar-refractivity contribution >= 4 is 21.6 Å². The molecule has 2 nitrogen and oxygen atoms in total. The highest BCUT2D eigenvalue weighted by atomic mass is 79.9. The third-order valence-electron chi connectivity index (χ3n) is 2.87. The number of phenolic OH excluding ortho intramolecular Hbond substituents is 1. The normalized spacial score (nSPS) is 10.3. The number of benzene rings is 2. The second-order valence-corrected chi connectivity index (χ2v) is 5.04. The molecule has 0 heterocycles. The highest BCUT2D eigenvalue weighted by molar-refractivity contribution is 9.10. The van der Waals surface area contributed by atoms with Gasteiger partial charge >= 0.3 is 0 Å². The van der Waals surface area contributed by atoms with Gasteiger partial charge in [0, 0.05) is 12.2 Å². The van der Waals surface area contributed by atoms with Gasteiger partial charge in [-0.05, 0) is 57.7 Å². The Morgan fingerprint density at radius 2 is 1.72 bits per heavy atom. The van der Waals surface area contributed by atoms with E-state index in [1.165, 1.54) is 5.56 Å². The summed E-state index contributed by atoms with van der Waals surface area (Å²) in [7, 11) is 0. The molecular weight excluding hydrogens is 290 g/mol. The molecule has 0 bridgehead atoms. The molecule has 0 saturated carbocycles. The van der Waals surface area contributed by atoms with Crippen LogP contribution >= 0.6 is 15.9 Å². The average molecular weight is 306 g/mol. The van der Waals surface area contributed by atoms with E-state index in [1.807, 2.05) is 12.1 Å². The standard InChI is InChI=1S/C15H16BrNO/c1-2-11-3-6-13(7-4-11)17-10-12-5-8-15(18)14(16)9-12/h3-9,17-18H,2,10H2,1H3. The van der Waals surface area contributed by atoms with Crippen LogP contribution in [0, 0.1) is 0 Å². The lowest BCUT2D eigenvalue weighted by Gasteiger charge is -2.08. The van der Waals surface area contributed by atoms with Gasteiger partial charge in [0.25, 0.3) is 0 Å². The van der Waals surface area contributed by atoms with Crippen LogP contribution in [-0.2, 0) is 13.0 Å². The Morgan fingerprint density at radius 3 is 2.33 bits per heavy atom. The number of hydrogen-bond acceptors (Lipinski definition) is 2. The molecule has 0 aliphatic carbocycles. The molecule has 0 saturated heterocycles. The molecule has 2 aromatic rings. The molecule has 0 fully saturated rings. The Balaban J connectivity index is 1.99. The van der Waals surface area contributed by atoms with Crippen LogP contribution in [0.15, 0.2) is 46.9 Å². The lowest BCUT2D eigenvalue weighted by Crippen LogP contribution is -1.99. The van der Waals surface area contributed by atoms with Crippen LogP contribution in [0.2, 0.25) is 0 Å². The van der Waals surface area contributed by atoms with Gasteiger partial charge in [-0.25, -0.2) is 0 Å². The molecule has 0 amide bonds. The summed E-state index contributed by atoms with van der Waals surface area (Å²) in [6.07, 6.45) is 1.06. The van der Waals surface area contributed by atoms with Gasteiger partial charge in [0.15, 0.2) is 0 Å². The molecule has 0 atom stereocenters. The lowest BCUT2D eigenvalue weighted by atomic mass is 10.1. The van der Waals surface area contributed by atoms with Crippen molar-refractivity contribution in [3.8, 4) is 5.75 Å².